The Bertz CT molecular complexity index is 1310. The van der Waals surface area contributed by atoms with E-state index in [1.807, 2.05) is 30.3 Å². The lowest BCUT2D eigenvalue weighted by Crippen LogP contribution is -2.21. The second kappa shape index (κ2) is 8.64. The minimum atomic E-state index is -0.510. The Kier molecular flexibility index (Phi) is 5.78. The van der Waals surface area contributed by atoms with E-state index in [0.29, 0.717) is 21.7 Å². The van der Waals surface area contributed by atoms with E-state index in [-0.39, 0.29) is 11.4 Å². The Labute approximate surface area is 179 Å². The van der Waals surface area contributed by atoms with Gasteiger partial charge in [0, 0.05) is 21.0 Å². The van der Waals surface area contributed by atoms with E-state index in [1.54, 1.807) is 24.3 Å². The first-order valence-electron chi connectivity index (χ1n) is 8.97. The molecule has 3 aromatic carbocycles. The standard InChI is InChI=1S/C21H16ClN3O4S/c22-14-5-1-3-12-4-2-6-17(20(12)14)30-11-19(27)29-10-18(26)23-13-7-8-15-16(9-13)25-21(28)24-15/h1-9H,10-11H2,(H,23,26)(H2,24,25,28). The van der Waals surface area contributed by atoms with Crippen LogP contribution in [0.4, 0.5) is 5.69 Å². The SMILES string of the molecule is O=C(COC(=O)CSc1cccc2cccc(Cl)c12)Nc1ccc2[nH]c(=O)[nH]c2c1. The number of hydrogen-bond acceptors (Lipinski definition) is 5. The maximum absolute atomic E-state index is 12.1. The maximum atomic E-state index is 12.1. The van der Waals surface area contributed by atoms with Crippen LogP contribution in [0.15, 0.2) is 64.3 Å². The summed E-state index contributed by atoms with van der Waals surface area (Å²) in [6, 6.07) is 16.3. The van der Waals surface area contributed by atoms with Crippen LogP contribution in [0.2, 0.25) is 5.02 Å². The van der Waals surface area contributed by atoms with Gasteiger partial charge in [-0.15, -0.1) is 11.8 Å². The van der Waals surface area contributed by atoms with Crippen LogP contribution in [0, 0.1) is 0 Å². The van der Waals surface area contributed by atoms with E-state index in [4.69, 9.17) is 16.3 Å². The summed E-state index contributed by atoms with van der Waals surface area (Å²) in [7, 11) is 0. The highest BCUT2D eigenvalue weighted by Crippen LogP contribution is 2.33. The molecule has 4 rings (SSSR count). The predicted octanol–water partition coefficient (Wildman–Crippen LogP) is 3.94. The summed E-state index contributed by atoms with van der Waals surface area (Å²) in [6.45, 7) is -0.405. The van der Waals surface area contributed by atoms with E-state index < -0.39 is 18.5 Å². The second-order valence-electron chi connectivity index (χ2n) is 6.43. The van der Waals surface area contributed by atoms with E-state index in [9.17, 15) is 14.4 Å². The van der Waals surface area contributed by atoms with Crippen molar-refractivity contribution in [1.82, 2.24) is 9.97 Å². The van der Waals surface area contributed by atoms with Crippen LogP contribution < -0.4 is 11.0 Å². The lowest BCUT2D eigenvalue weighted by molar-refractivity contribution is -0.144. The Morgan fingerprint density at radius 2 is 1.80 bits per heavy atom. The van der Waals surface area contributed by atoms with E-state index in [2.05, 4.69) is 15.3 Å². The Balaban J connectivity index is 1.31. The lowest BCUT2D eigenvalue weighted by Gasteiger charge is -2.09. The molecule has 0 atom stereocenters. The fourth-order valence-electron chi connectivity index (χ4n) is 3.01. The fraction of sp³-hybridized carbons (Fsp3) is 0.0952. The molecule has 1 amide bonds. The van der Waals surface area contributed by atoms with Crippen molar-refractivity contribution in [3.8, 4) is 0 Å². The summed E-state index contributed by atoms with van der Waals surface area (Å²) >= 11 is 7.59. The molecule has 0 aliphatic carbocycles. The number of H-pyrrole nitrogens is 2. The van der Waals surface area contributed by atoms with Crippen molar-refractivity contribution in [2.45, 2.75) is 4.90 Å². The van der Waals surface area contributed by atoms with Gasteiger partial charge in [-0.1, -0.05) is 35.9 Å². The zero-order valence-corrected chi connectivity index (χ0v) is 17.1. The number of esters is 1. The number of thioether (sulfide) groups is 1. The molecular formula is C21H16ClN3O4S. The van der Waals surface area contributed by atoms with Gasteiger partial charge in [-0.05, 0) is 35.7 Å². The number of anilines is 1. The number of carbonyl (C=O) groups is 2. The van der Waals surface area contributed by atoms with Crippen molar-refractivity contribution in [3.63, 3.8) is 0 Å². The maximum Gasteiger partial charge on any atom is 0.323 e. The van der Waals surface area contributed by atoms with Crippen LogP contribution >= 0.6 is 23.4 Å². The molecule has 4 aromatic rings. The Morgan fingerprint density at radius 3 is 2.63 bits per heavy atom. The number of aromatic nitrogens is 2. The summed E-state index contributed by atoms with van der Waals surface area (Å²) in [5.74, 6) is -0.933. The fourth-order valence-corrected chi connectivity index (χ4v) is 4.26. The Hall–Kier alpha value is -3.23. The van der Waals surface area contributed by atoms with Gasteiger partial charge in [0.15, 0.2) is 6.61 Å². The number of imidazole rings is 1. The molecule has 1 heterocycles. The molecule has 9 heteroatoms. The predicted molar refractivity (Wildman–Crippen MR) is 118 cm³/mol. The van der Waals surface area contributed by atoms with Gasteiger partial charge in [-0.25, -0.2) is 4.79 Å². The van der Waals surface area contributed by atoms with Crippen molar-refractivity contribution in [3.05, 3.63) is 70.1 Å². The number of aromatic amines is 2. The minimum absolute atomic E-state index is 0.0498. The first-order valence-corrected chi connectivity index (χ1v) is 10.3. The van der Waals surface area contributed by atoms with Crippen LogP contribution in [0.25, 0.3) is 21.8 Å². The van der Waals surface area contributed by atoms with Crippen molar-refractivity contribution in [2.24, 2.45) is 0 Å². The third-order valence-corrected chi connectivity index (χ3v) is 5.67. The van der Waals surface area contributed by atoms with Crippen molar-refractivity contribution < 1.29 is 14.3 Å². The molecule has 1 aromatic heterocycles. The van der Waals surface area contributed by atoms with E-state index in [0.717, 1.165) is 15.7 Å². The number of ether oxygens (including phenoxy) is 1. The topological polar surface area (TPSA) is 104 Å². The van der Waals surface area contributed by atoms with Crippen molar-refractivity contribution in [1.29, 1.82) is 0 Å². The number of benzene rings is 3. The highest BCUT2D eigenvalue weighted by Gasteiger charge is 2.12. The van der Waals surface area contributed by atoms with Gasteiger partial charge in [0.25, 0.3) is 5.91 Å². The summed E-state index contributed by atoms with van der Waals surface area (Å²) < 4.78 is 5.06. The second-order valence-corrected chi connectivity index (χ2v) is 7.86. The molecule has 0 saturated heterocycles. The molecule has 0 spiro atoms. The molecule has 0 aliphatic rings. The van der Waals surface area contributed by atoms with Crippen LogP contribution in [0.3, 0.4) is 0 Å². The summed E-state index contributed by atoms with van der Waals surface area (Å²) in [6.07, 6.45) is 0. The zero-order valence-electron chi connectivity index (χ0n) is 15.5. The highest BCUT2D eigenvalue weighted by atomic mass is 35.5. The molecular weight excluding hydrogens is 426 g/mol. The average Bonchev–Trinajstić information content (AvgIpc) is 3.10. The highest BCUT2D eigenvalue weighted by molar-refractivity contribution is 8.00. The van der Waals surface area contributed by atoms with Crippen LogP contribution in [-0.4, -0.2) is 34.2 Å². The number of halogens is 1. The molecule has 0 fully saturated rings. The van der Waals surface area contributed by atoms with Gasteiger partial charge in [-0.2, -0.15) is 0 Å². The third kappa shape index (κ3) is 4.50. The third-order valence-electron chi connectivity index (χ3n) is 4.33. The zero-order chi connectivity index (χ0) is 21.1. The van der Waals surface area contributed by atoms with Gasteiger partial charge in [0.05, 0.1) is 16.8 Å². The van der Waals surface area contributed by atoms with E-state index >= 15 is 0 Å². The van der Waals surface area contributed by atoms with Gasteiger partial charge >= 0.3 is 11.7 Å². The average molecular weight is 442 g/mol. The summed E-state index contributed by atoms with van der Waals surface area (Å²) in [5.41, 5.74) is 1.36. The number of rotatable bonds is 6. The largest absolute Gasteiger partial charge is 0.455 e. The molecule has 0 aliphatic heterocycles. The van der Waals surface area contributed by atoms with Crippen LogP contribution in [0.1, 0.15) is 0 Å². The smallest absolute Gasteiger partial charge is 0.323 e. The van der Waals surface area contributed by atoms with Gasteiger partial charge in [0.1, 0.15) is 0 Å². The Morgan fingerprint density at radius 1 is 1.03 bits per heavy atom. The quantitative estimate of drug-likeness (QED) is 0.310. The molecule has 0 saturated carbocycles. The lowest BCUT2D eigenvalue weighted by atomic mass is 10.1. The minimum Gasteiger partial charge on any atom is -0.455 e. The van der Waals surface area contributed by atoms with Crippen molar-refractivity contribution >= 4 is 62.7 Å². The van der Waals surface area contributed by atoms with Gasteiger partial charge in [0.2, 0.25) is 0 Å². The first-order chi connectivity index (χ1) is 14.5. The van der Waals surface area contributed by atoms with E-state index in [1.165, 1.54) is 11.8 Å². The normalized spacial score (nSPS) is 11.0. The van der Waals surface area contributed by atoms with Gasteiger partial charge in [-0.3, -0.25) is 9.59 Å². The van der Waals surface area contributed by atoms with Gasteiger partial charge < -0.3 is 20.0 Å². The molecule has 7 nitrogen and oxygen atoms in total. The molecule has 152 valence electrons. The number of amides is 1. The van der Waals surface area contributed by atoms with Crippen LogP contribution in [0.5, 0.6) is 0 Å². The monoisotopic (exact) mass is 441 g/mol. The molecule has 30 heavy (non-hydrogen) atoms. The number of hydrogen-bond donors (Lipinski definition) is 3. The molecule has 0 unspecified atom stereocenters. The summed E-state index contributed by atoms with van der Waals surface area (Å²) in [5, 5.41) is 5.11. The van der Waals surface area contributed by atoms with Crippen molar-refractivity contribution in [2.75, 3.05) is 17.7 Å². The van der Waals surface area contributed by atoms with Crippen LogP contribution in [-0.2, 0) is 14.3 Å². The number of fused-ring (bicyclic) bond motifs is 2. The molecule has 0 bridgehead atoms. The first kappa shape index (κ1) is 20.1. The number of nitrogens with one attached hydrogen (secondary N) is 3. The molecule has 0 radical (unpaired) electrons. The molecule has 3 N–H and O–H groups in total. The summed E-state index contributed by atoms with van der Waals surface area (Å²) in [4.78, 5) is 41.5. The number of carbonyl (C=O) groups excluding carboxylic acids is 2.